The van der Waals surface area contributed by atoms with Crippen LogP contribution in [0.2, 0.25) is 10.0 Å². The normalized spacial score (nSPS) is 13.9. The van der Waals surface area contributed by atoms with E-state index in [1.807, 2.05) is 6.07 Å². The van der Waals surface area contributed by atoms with Gasteiger partial charge >= 0.3 is 0 Å². The van der Waals surface area contributed by atoms with Crippen LogP contribution in [-0.2, 0) is 9.53 Å². The average Bonchev–Trinajstić information content (AvgIpc) is 3.39. The molecule has 11 heteroatoms. The number of halogens is 2. The van der Waals surface area contributed by atoms with Gasteiger partial charge in [0.1, 0.15) is 11.3 Å². The van der Waals surface area contributed by atoms with Gasteiger partial charge in [-0.2, -0.15) is 9.78 Å². The Kier molecular flexibility index (Phi) is 7.25. The summed E-state index contributed by atoms with van der Waals surface area (Å²) in [6.07, 6.45) is 1.50. The number of para-hydroxylation sites is 1. The lowest BCUT2D eigenvalue weighted by molar-refractivity contribution is -0.137. The largest absolute Gasteiger partial charge is 0.482 e. The third-order valence-electron chi connectivity index (χ3n) is 6.45. The van der Waals surface area contributed by atoms with E-state index in [0.717, 1.165) is 5.39 Å². The molecule has 6 rings (SSSR count). The second kappa shape index (κ2) is 11.1. The number of benzene rings is 3. The number of hydrogen-bond donors (Lipinski definition) is 0. The molecular weight excluding hydrogens is 555 g/mol. The molecule has 3 heterocycles. The Morgan fingerprint density at radius 2 is 1.88 bits per heavy atom. The van der Waals surface area contributed by atoms with Gasteiger partial charge in [0.05, 0.1) is 35.4 Å². The molecule has 0 atom stereocenters. The number of furan rings is 1. The predicted octanol–water partition coefficient (Wildman–Crippen LogP) is 5.24. The molecule has 40 heavy (non-hydrogen) atoms. The molecule has 1 fully saturated rings. The van der Waals surface area contributed by atoms with Gasteiger partial charge in [-0.15, -0.1) is 0 Å². The number of morpholine rings is 1. The first-order valence-corrected chi connectivity index (χ1v) is 13.3. The third kappa shape index (κ3) is 5.31. The molecule has 0 radical (unpaired) electrons. The van der Waals surface area contributed by atoms with Crippen molar-refractivity contribution in [3.63, 3.8) is 0 Å². The standard InChI is InChI=1S/C29H22Cl2N4O5/c30-20-6-8-24-19(14-20)15-26(40-24)28-33-23-4-2-1-3-21(23)29(37)35(28)32-16-18-5-7-25(22(31)13-18)39-17-27(36)34-9-11-38-12-10-34/h1-8,13-16H,9-12,17H2. The molecule has 0 aliphatic carbocycles. The van der Waals surface area contributed by atoms with Crippen molar-refractivity contribution < 1.29 is 18.7 Å². The number of hydrogen-bond acceptors (Lipinski definition) is 7. The minimum Gasteiger partial charge on any atom is -0.482 e. The predicted molar refractivity (Wildman–Crippen MR) is 154 cm³/mol. The summed E-state index contributed by atoms with van der Waals surface area (Å²) in [7, 11) is 0. The lowest BCUT2D eigenvalue weighted by atomic mass is 10.2. The number of fused-ring (bicyclic) bond motifs is 2. The van der Waals surface area contributed by atoms with E-state index in [9.17, 15) is 9.59 Å². The molecule has 5 aromatic rings. The van der Waals surface area contributed by atoms with Crippen LogP contribution in [0.1, 0.15) is 5.56 Å². The van der Waals surface area contributed by atoms with Crippen LogP contribution in [0.5, 0.6) is 5.75 Å². The van der Waals surface area contributed by atoms with Crippen LogP contribution in [-0.4, -0.2) is 59.6 Å². The second-order valence-electron chi connectivity index (χ2n) is 9.08. The first-order valence-electron chi connectivity index (χ1n) is 12.5. The van der Waals surface area contributed by atoms with Crippen LogP contribution in [0.25, 0.3) is 33.5 Å². The summed E-state index contributed by atoms with van der Waals surface area (Å²) >= 11 is 12.6. The summed E-state index contributed by atoms with van der Waals surface area (Å²) in [6.45, 7) is 1.99. The Balaban J connectivity index is 1.30. The number of aromatic nitrogens is 2. The first-order chi connectivity index (χ1) is 19.5. The van der Waals surface area contributed by atoms with Crippen molar-refractivity contribution in [3.05, 3.63) is 92.7 Å². The molecule has 9 nitrogen and oxygen atoms in total. The maximum Gasteiger partial charge on any atom is 0.282 e. The van der Waals surface area contributed by atoms with Gasteiger partial charge in [-0.1, -0.05) is 35.3 Å². The zero-order chi connectivity index (χ0) is 27.6. The molecule has 0 N–H and O–H groups in total. The van der Waals surface area contributed by atoms with E-state index in [1.165, 1.54) is 10.9 Å². The number of rotatable bonds is 6. The van der Waals surface area contributed by atoms with Crippen molar-refractivity contribution in [1.29, 1.82) is 0 Å². The van der Waals surface area contributed by atoms with Gasteiger partial charge in [-0.05, 0) is 60.2 Å². The highest BCUT2D eigenvalue weighted by atomic mass is 35.5. The van der Waals surface area contributed by atoms with E-state index in [4.69, 9.17) is 37.1 Å². The molecule has 0 unspecified atom stereocenters. The summed E-state index contributed by atoms with van der Waals surface area (Å²) in [5.74, 6) is 0.837. The van der Waals surface area contributed by atoms with Crippen LogP contribution in [0.4, 0.5) is 0 Å². The molecule has 1 aliphatic rings. The number of amides is 1. The molecule has 1 saturated heterocycles. The van der Waals surface area contributed by atoms with Gasteiger partial charge in [0.2, 0.25) is 5.82 Å². The maximum absolute atomic E-state index is 13.5. The van der Waals surface area contributed by atoms with E-state index in [-0.39, 0.29) is 23.9 Å². The van der Waals surface area contributed by atoms with Crippen molar-refractivity contribution in [2.24, 2.45) is 5.10 Å². The molecule has 0 spiro atoms. The molecule has 2 aromatic heterocycles. The van der Waals surface area contributed by atoms with Crippen LogP contribution < -0.4 is 10.3 Å². The fraction of sp³-hybridized carbons (Fsp3) is 0.172. The van der Waals surface area contributed by atoms with E-state index in [0.29, 0.717) is 69.9 Å². The number of carbonyl (C=O) groups excluding carboxylic acids is 1. The van der Waals surface area contributed by atoms with Crippen LogP contribution in [0.3, 0.4) is 0 Å². The minimum absolute atomic E-state index is 0.128. The SMILES string of the molecule is O=C(COc1ccc(C=Nn2c(-c3cc4cc(Cl)ccc4o3)nc3ccccc3c2=O)cc1Cl)N1CCOCC1. The highest BCUT2D eigenvalue weighted by Crippen LogP contribution is 2.29. The zero-order valence-corrected chi connectivity index (χ0v) is 22.6. The van der Waals surface area contributed by atoms with E-state index in [1.54, 1.807) is 65.6 Å². The van der Waals surface area contributed by atoms with Crippen molar-refractivity contribution in [2.75, 3.05) is 32.9 Å². The minimum atomic E-state index is -0.358. The van der Waals surface area contributed by atoms with Crippen LogP contribution >= 0.6 is 23.2 Å². The lowest BCUT2D eigenvalue weighted by Crippen LogP contribution is -2.43. The molecular formula is C29H22Cl2N4O5. The third-order valence-corrected chi connectivity index (χ3v) is 6.98. The summed E-state index contributed by atoms with van der Waals surface area (Å²) in [5, 5.41) is 6.51. The molecule has 0 bridgehead atoms. The zero-order valence-electron chi connectivity index (χ0n) is 21.0. The fourth-order valence-electron chi connectivity index (χ4n) is 4.40. The Labute approximate surface area is 238 Å². The van der Waals surface area contributed by atoms with Crippen molar-refractivity contribution in [3.8, 4) is 17.3 Å². The average molecular weight is 577 g/mol. The van der Waals surface area contributed by atoms with Crippen LogP contribution in [0, 0.1) is 0 Å². The van der Waals surface area contributed by atoms with Gasteiger partial charge in [0.15, 0.2) is 12.4 Å². The van der Waals surface area contributed by atoms with Gasteiger partial charge in [-0.3, -0.25) is 9.59 Å². The molecule has 202 valence electrons. The Hall–Kier alpha value is -4.18. The van der Waals surface area contributed by atoms with Gasteiger partial charge in [0.25, 0.3) is 11.5 Å². The number of ether oxygens (including phenoxy) is 2. The summed E-state index contributed by atoms with van der Waals surface area (Å²) in [5.41, 5.74) is 1.37. The van der Waals surface area contributed by atoms with Crippen molar-refractivity contribution >= 4 is 57.2 Å². The van der Waals surface area contributed by atoms with Crippen LogP contribution in [0.15, 0.2) is 81.0 Å². The monoisotopic (exact) mass is 576 g/mol. The first kappa shape index (κ1) is 26.1. The Bertz CT molecular complexity index is 1830. The van der Waals surface area contributed by atoms with Gasteiger partial charge in [0, 0.05) is 23.5 Å². The topological polar surface area (TPSA) is 99.2 Å². The molecule has 1 amide bonds. The molecule has 3 aromatic carbocycles. The Morgan fingerprint density at radius 1 is 1.05 bits per heavy atom. The van der Waals surface area contributed by atoms with E-state index in [2.05, 4.69) is 10.1 Å². The molecule has 0 saturated carbocycles. The quantitative estimate of drug-likeness (QED) is 0.256. The lowest BCUT2D eigenvalue weighted by Gasteiger charge is -2.26. The smallest absolute Gasteiger partial charge is 0.282 e. The molecule has 1 aliphatic heterocycles. The van der Waals surface area contributed by atoms with Gasteiger partial charge < -0.3 is 18.8 Å². The maximum atomic E-state index is 13.5. The Morgan fingerprint density at radius 3 is 2.70 bits per heavy atom. The highest BCUT2D eigenvalue weighted by Gasteiger charge is 2.19. The number of nitrogens with zero attached hydrogens (tertiary/aromatic N) is 4. The summed E-state index contributed by atoms with van der Waals surface area (Å²) in [4.78, 5) is 32.2. The second-order valence-corrected chi connectivity index (χ2v) is 9.92. The van der Waals surface area contributed by atoms with E-state index < -0.39 is 0 Å². The highest BCUT2D eigenvalue weighted by molar-refractivity contribution is 6.32. The van der Waals surface area contributed by atoms with Gasteiger partial charge in [-0.25, -0.2) is 4.98 Å². The van der Waals surface area contributed by atoms with Crippen molar-refractivity contribution in [1.82, 2.24) is 14.6 Å². The number of carbonyl (C=O) groups is 1. The summed E-state index contributed by atoms with van der Waals surface area (Å²) < 4.78 is 18.1. The van der Waals surface area contributed by atoms with Crippen molar-refractivity contribution in [2.45, 2.75) is 0 Å². The van der Waals surface area contributed by atoms with E-state index >= 15 is 0 Å². The summed E-state index contributed by atoms with van der Waals surface area (Å²) in [6, 6.07) is 19.1. The fourth-order valence-corrected chi connectivity index (χ4v) is 4.82.